The molecule has 122 valence electrons. The molecule has 1 aliphatic heterocycles. The molecule has 1 saturated carbocycles. The monoisotopic (exact) mass is 304 g/mol. The van der Waals surface area contributed by atoms with Crippen molar-refractivity contribution in [2.24, 2.45) is 10.8 Å². The van der Waals surface area contributed by atoms with Gasteiger partial charge in [0.25, 0.3) is 0 Å². The standard InChI is InChI=1S/C19H29NO2/c1-18(2)9-15-10-19(3,13-18)14-20(15)11-16(21)12-22-17-7-5-4-6-8-17/h4-8,15-16,21H,9-14H2,1-3H3/p+1/t15-,16+,19-/m0/s1. The summed E-state index contributed by atoms with van der Waals surface area (Å²) in [5.41, 5.74) is 0.909. The zero-order valence-corrected chi connectivity index (χ0v) is 14.1. The molecule has 4 atom stereocenters. The van der Waals surface area contributed by atoms with Crippen LogP contribution in [0.2, 0.25) is 0 Å². The van der Waals surface area contributed by atoms with Crippen molar-refractivity contribution < 1.29 is 14.7 Å². The lowest BCUT2D eigenvalue weighted by Crippen LogP contribution is -3.15. The number of rotatable bonds is 5. The predicted molar refractivity (Wildman–Crippen MR) is 88.2 cm³/mol. The Bertz CT molecular complexity index is 501. The highest BCUT2D eigenvalue weighted by molar-refractivity contribution is 5.20. The lowest BCUT2D eigenvalue weighted by molar-refractivity contribution is -0.917. The van der Waals surface area contributed by atoms with Gasteiger partial charge in [0.1, 0.15) is 25.0 Å². The molecule has 3 heteroatoms. The Balaban J connectivity index is 1.53. The average Bonchev–Trinajstić information content (AvgIpc) is 2.66. The number of likely N-dealkylation sites (tertiary alicyclic amines) is 1. The van der Waals surface area contributed by atoms with E-state index >= 15 is 0 Å². The average molecular weight is 304 g/mol. The number of hydrogen-bond acceptors (Lipinski definition) is 2. The Morgan fingerprint density at radius 1 is 1.23 bits per heavy atom. The van der Waals surface area contributed by atoms with Gasteiger partial charge in [-0.05, 0) is 24.0 Å². The highest BCUT2D eigenvalue weighted by Gasteiger charge is 2.52. The highest BCUT2D eigenvalue weighted by Crippen LogP contribution is 2.47. The van der Waals surface area contributed by atoms with Crippen molar-refractivity contribution in [2.75, 3.05) is 19.7 Å². The van der Waals surface area contributed by atoms with Gasteiger partial charge >= 0.3 is 0 Å². The summed E-state index contributed by atoms with van der Waals surface area (Å²) in [6.45, 7) is 9.62. The van der Waals surface area contributed by atoms with Crippen molar-refractivity contribution in [1.29, 1.82) is 0 Å². The van der Waals surface area contributed by atoms with Gasteiger partial charge < -0.3 is 14.7 Å². The Morgan fingerprint density at radius 3 is 2.68 bits per heavy atom. The van der Waals surface area contributed by atoms with Crippen LogP contribution in [-0.4, -0.2) is 36.9 Å². The number of aliphatic hydroxyl groups excluding tert-OH is 1. The third-order valence-electron chi connectivity index (χ3n) is 5.36. The third-order valence-corrected chi connectivity index (χ3v) is 5.36. The maximum Gasteiger partial charge on any atom is 0.137 e. The molecule has 2 fully saturated rings. The number of para-hydroxylation sites is 1. The van der Waals surface area contributed by atoms with Crippen molar-refractivity contribution in [3.05, 3.63) is 30.3 Å². The van der Waals surface area contributed by atoms with Crippen LogP contribution in [0.15, 0.2) is 30.3 Å². The molecule has 0 amide bonds. The van der Waals surface area contributed by atoms with E-state index in [0.717, 1.165) is 12.3 Å². The molecule has 3 rings (SSSR count). The van der Waals surface area contributed by atoms with Crippen LogP contribution in [0.5, 0.6) is 5.75 Å². The van der Waals surface area contributed by atoms with Crippen LogP contribution in [0.25, 0.3) is 0 Å². The number of hydrogen-bond donors (Lipinski definition) is 2. The second-order valence-corrected chi connectivity index (χ2v) is 8.57. The SMILES string of the molecule is CC1(C)C[C@H]2C[C@](C)(C[NH+]2C[C@@H](O)COc2ccccc2)C1. The van der Waals surface area contributed by atoms with Crippen molar-refractivity contribution in [2.45, 2.75) is 52.2 Å². The third kappa shape index (κ3) is 3.64. The number of nitrogens with one attached hydrogen (secondary N) is 1. The Labute approximate surface area is 134 Å². The van der Waals surface area contributed by atoms with Gasteiger partial charge in [-0.2, -0.15) is 0 Å². The Morgan fingerprint density at radius 2 is 1.95 bits per heavy atom. The molecular weight excluding hydrogens is 274 g/mol. The van der Waals surface area contributed by atoms with Crippen molar-refractivity contribution in [3.8, 4) is 5.75 Å². The molecule has 2 aliphatic rings. The molecular formula is C19H30NO2+. The van der Waals surface area contributed by atoms with Crippen LogP contribution < -0.4 is 9.64 Å². The maximum atomic E-state index is 10.4. The van der Waals surface area contributed by atoms with Crippen molar-refractivity contribution >= 4 is 0 Å². The zero-order chi connectivity index (χ0) is 15.8. The first-order valence-electron chi connectivity index (χ1n) is 8.56. The van der Waals surface area contributed by atoms with Gasteiger partial charge in [0.05, 0.1) is 12.6 Å². The molecule has 1 unspecified atom stereocenters. The van der Waals surface area contributed by atoms with E-state index in [0.29, 0.717) is 23.5 Å². The molecule has 0 radical (unpaired) electrons. The summed E-state index contributed by atoms with van der Waals surface area (Å²) in [6.07, 6.45) is 3.53. The van der Waals surface area contributed by atoms with Crippen molar-refractivity contribution in [3.63, 3.8) is 0 Å². The van der Waals surface area contributed by atoms with E-state index < -0.39 is 0 Å². The summed E-state index contributed by atoms with van der Waals surface area (Å²) in [4.78, 5) is 1.58. The van der Waals surface area contributed by atoms with Gasteiger partial charge in [-0.25, -0.2) is 0 Å². The summed E-state index contributed by atoms with van der Waals surface area (Å²) in [7, 11) is 0. The number of aliphatic hydroxyl groups is 1. The van der Waals surface area contributed by atoms with Gasteiger partial charge in [-0.1, -0.05) is 39.0 Å². The van der Waals surface area contributed by atoms with E-state index in [1.807, 2.05) is 30.3 Å². The fraction of sp³-hybridized carbons (Fsp3) is 0.684. The number of quaternary nitrogens is 1. The van der Waals surface area contributed by atoms with Crippen LogP contribution in [0, 0.1) is 10.8 Å². The van der Waals surface area contributed by atoms with Crippen LogP contribution in [0.1, 0.15) is 40.0 Å². The van der Waals surface area contributed by atoms with Gasteiger partial charge in [-0.15, -0.1) is 0 Å². The quantitative estimate of drug-likeness (QED) is 0.871. The molecule has 2 N–H and O–H groups in total. The maximum absolute atomic E-state index is 10.4. The molecule has 0 aromatic heterocycles. The molecule has 2 bridgehead atoms. The lowest BCUT2D eigenvalue weighted by atomic mass is 9.65. The normalized spacial score (nSPS) is 34.4. The summed E-state index contributed by atoms with van der Waals surface area (Å²) in [6, 6.07) is 10.5. The summed E-state index contributed by atoms with van der Waals surface area (Å²) >= 11 is 0. The molecule has 1 aromatic rings. The van der Waals surface area contributed by atoms with Crippen LogP contribution in [0.3, 0.4) is 0 Å². The van der Waals surface area contributed by atoms with Gasteiger partial charge in [0.15, 0.2) is 0 Å². The smallest absolute Gasteiger partial charge is 0.137 e. The Kier molecular flexibility index (Phi) is 4.21. The summed E-state index contributed by atoms with van der Waals surface area (Å²) in [5, 5.41) is 10.4. The van der Waals surface area contributed by atoms with E-state index in [2.05, 4.69) is 20.8 Å². The molecule has 1 aromatic carbocycles. The van der Waals surface area contributed by atoms with E-state index in [1.54, 1.807) is 4.90 Å². The van der Waals surface area contributed by atoms with E-state index in [4.69, 9.17) is 4.74 Å². The fourth-order valence-corrected chi connectivity index (χ4v) is 5.06. The van der Waals surface area contributed by atoms with Gasteiger partial charge in [-0.3, -0.25) is 0 Å². The van der Waals surface area contributed by atoms with Crippen LogP contribution >= 0.6 is 0 Å². The van der Waals surface area contributed by atoms with E-state index in [-0.39, 0.29) is 6.10 Å². The highest BCUT2D eigenvalue weighted by atomic mass is 16.5. The van der Waals surface area contributed by atoms with Crippen molar-refractivity contribution in [1.82, 2.24) is 0 Å². The molecule has 3 nitrogen and oxygen atoms in total. The Hall–Kier alpha value is -1.06. The fourth-order valence-electron chi connectivity index (χ4n) is 5.06. The minimum absolute atomic E-state index is 0.388. The second-order valence-electron chi connectivity index (χ2n) is 8.57. The molecule has 1 heterocycles. The van der Waals surface area contributed by atoms with Crippen LogP contribution in [-0.2, 0) is 0 Å². The zero-order valence-electron chi connectivity index (χ0n) is 14.1. The topological polar surface area (TPSA) is 33.9 Å². The van der Waals surface area contributed by atoms with Gasteiger partial charge in [0, 0.05) is 18.3 Å². The number of benzene rings is 1. The minimum Gasteiger partial charge on any atom is -0.491 e. The lowest BCUT2D eigenvalue weighted by Gasteiger charge is -2.37. The second kappa shape index (κ2) is 5.86. The predicted octanol–water partition coefficient (Wildman–Crippen LogP) is 1.91. The first-order valence-corrected chi connectivity index (χ1v) is 8.56. The first kappa shape index (κ1) is 15.8. The number of ether oxygens (including phenoxy) is 1. The van der Waals surface area contributed by atoms with E-state index in [9.17, 15) is 5.11 Å². The summed E-state index contributed by atoms with van der Waals surface area (Å²) in [5.74, 6) is 0.838. The van der Waals surface area contributed by atoms with E-state index in [1.165, 1.54) is 25.8 Å². The molecule has 22 heavy (non-hydrogen) atoms. The van der Waals surface area contributed by atoms with Crippen LogP contribution in [0.4, 0.5) is 0 Å². The largest absolute Gasteiger partial charge is 0.491 e. The molecule has 0 spiro atoms. The minimum atomic E-state index is -0.388. The first-order chi connectivity index (χ1) is 10.4. The molecule has 1 aliphatic carbocycles. The van der Waals surface area contributed by atoms with Gasteiger partial charge in [0.2, 0.25) is 0 Å². The summed E-state index contributed by atoms with van der Waals surface area (Å²) < 4.78 is 5.69. The number of fused-ring (bicyclic) bond motifs is 2. The molecule has 1 saturated heterocycles.